The summed E-state index contributed by atoms with van der Waals surface area (Å²) in [6.45, 7) is 3.06. The molecule has 1 aromatic carbocycles. The second-order valence-electron chi connectivity index (χ2n) is 10.4. The zero-order chi connectivity index (χ0) is 28.1. The highest BCUT2D eigenvalue weighted by atomic mass is 35.5. The third kappa shape index (κ3) is 4.93. The molecule has 1 N–H and O–H groups in total. The fourth-order valence-electron chi connectivity index (χ4n) is 5.66. The summed E-state index contributed by atoms with van der Waals surface area (Å²) in [5.74, 6) is -1.37. The van der Waals surface area contributed by atoms with E-state index in [4.69, 9.17) is 16.3 Å². The minimum atomic E-state index is -4.19. The van der Waals surface area contributed by atoms with Gasteiger partial charge in [-0.3, -0.25) is 9.69 Å². The number of hydrogen-bond donors (Lipinski definition) is 1. The third-order valence-electron chi connectivity index (χ3n) is 8.07. The van der Waals surface area contributed by atoms with Gasteiger partial charge in [0.25, 0.3) is 0 Å². The van der Waals surface area contributed by atoms with E-state index in [2.05, 4.69) is 15.3 Å². The van der Waals surface area contributed by atoms with Gasteiger partial charge in [-0.15, -0.1) is 5.10 Å². The van der Waals surface area contributed by atoms with E-state index in [0.29, 0.717) is 51.7 Å². The molecule has 0 saturated carbocycles. The van der Waals surface area contributed by atoms with E-state index in [9.17, 15) is 23.1 Å². The number of benzene rings is 1. The molecular formula is C26H30ClF3N6O3. The normalized spacial score (nSPS) is 19.2. The van der Waals surface area contributed by atoms with Gasteiger partial charge in [0.05, 0.1) is 35.5 Å². The molecular weight excluding hydrogens is 537 g/mol. The second kappa shape index (κ2) is 10.2. The molecule has 9 nitrogen and oxygen atoms in total. The predicted molar refractivity (Wildman–Crippen MR) is 137 cm³/mol. The Bertz CT molecular complexity index is 1390. The maximum absolute atomic E-state index is 13.1. The Hall–Kier alpha value is -2.96. The quantitative estimate of drug-likeness (QED) is 0.488. The van der Waals surface area contributed by atoms with Gasteiger partial charge in [0, 0.05) is 50.5 Å². The summed E-state index contributed by atoms with van der Waals surface area (Å²) >= 11 is 6.93. The first-order valence-corrected chi connectivity index (χ1v) is 13.1. The topological polar surface area (TPSA) is 96.6 Å². The van der Waals surface area contributed by atoms with E-state index in [1.54, 1.807) is 30.1 Å². The van der Waals surface area contributed by atoms with Crippen LogP contribution < -0.4 is 4.74 Å². The van der Waals surface area contributed by atoms with Crippen molar-refractivity contribution in [3.63, 3.8) is 0 Å². The number of halogens is 4. The smallest absolute Gasteiger partial charge is 0.391 e. The SMILES string of the molecule is COc1nc2ccc(C(O)(c3cnnn3C)C3CN(C(C)=O)C3)cc2c(Cl)c1CN1CCC(C(F)(F)F)CC1. The molecule has 4 heterocycles. The number of fused-ring (bicyclic) bond motifs is 1. The number of amides is 1. The average molecular weight is 567 g/mol. The van der Waals surface area contributed by atoms with Crippen molar-refractivity contribution in [2.24, 2.45) is 18.9 Å². The molecule has 5 rings (SSSR count). The van der Waals surface area contributed by atoms with Crippen molar-refractivity contribution < 1.29 is 27.8 Å². The van der Waals surface area contributed by atoms with Crippen molar-refractivity contribution in [3.05, 3.63) is 46.2 Å². The lowest BCUT2D eigenvalue weighted by Crippen LogP contribution is -2.58. The van der Waals surface area contributed by atoms with E-state index in [1.807, 2.05) is 4.90 Å². The van der Waals surface area contributed by atoms with Gasteiger partial charge in [-0.05, 0) is 43.6 Å². The number of pyridine rings is 1. The zero-order valence-corrected chi connectivity index (χ0v) is 22.6. The Labute approximate surface area is 228 Å². The summed E-state index contributed by atoms with van der Waals surface area (Å²) in [7, 11) is 3.17. The third-order valence-corrected chi connectivity index (χ3v) is 8.50. The average Bonchev–Trinajstić information content (AvgIpc) is 3.30. The molecule has 2 fully saturated rings. The number of alkyl halides is 3. The number of aromatic nitrogens is 4. The minimum absolute atomic E-state index is 0.0268. The van der Waals surface area contributed by atoms with Crippen LogP contribution in [0.5, 0.6) is 5.88 Å². The number of ether oxygens (including phenoxy) is 1. The highest BCUT2D eigenvalue weighted by Crippen LogP contribution is 2.43. The van der Waals surface area contributed by atoms with Crippen LogP contribution in [-0.2, 0) is 24.0 Å². The number of hydrogen-bond acceptors (Lipinski definition) is 7. The number of piperidine rings is 1. The maximum atomic E-state index is 13.1. The summed E-state index contributed by atoms with van der Waals surface area (Å²) in [5, 5.41) is 21.1. The number of carbonyl (C=O) groups is 1. The maximum Gasteiger partial charge on any atom is 0.391 e. The highest BCUT2D eigenvalue weighted by molar-refractivity contribution is 6.36. The van der Waals surface area contributed by atoms with Crippen molar-refractivity contribution in [3.8, 4) is 5.88 Å². The minimum Gasteiger partial charge on any atom is -0.481 e. The van der Waals surface area contributed by atoms with Gasteiger partial charge < -0.3 is 14.7 Å². The van der Waals surface area contributed by atoms with Gasteiger partial charge in [-0.25, -0.2) is 9.67 Å². The van der Waals surface area contributed by atoms with Gasteiger partial charge >= 0.3 is 6.18 Å². The Morgan fingerprint density at radius 2 is 1.90 bits per heavy atom. The molecule has 3 aromatic rings. The van der Waals surface area contributed by atoms with Crippen LogP contribution in [0.15, 0.2) is 24.4 Å². The highest BCUT2D eigenvalue weighted by Gasteiger charge is 2.49. The number of rotatable bonds is 6. The molecule has 2 aromatic heterocycles. The lowest BCUT2D eigenvalue weighted by Gasteiger charge is -2.47. The van der Waals surface area contributed by atoms with Gasteiger partial charge in [-0.1, -0.05) is 22.9 Å². The number of nitrogens with zero attached hydrogens (tertiary/aromatic N) is 6. The summed E-state index contributed by atoms with van der Waals surface area (Å²) in [6.07, 6.45) is -2.63. The Kier molecular flexibility index (Phi) is 7.23. The van der Waals surface area contributed by atoms with Gasteiger partial charge in [0.15, 0.2) is 0 Å². The van der Waals surface area contributed by atoms with E-state index >= 15 is 0 Å². The van der Waals surface area contributed by atoms with Gasteiger partial charge in [0.1, 0.15) is 5.60 Å². The first kappa shape index (κ1) is 27.6. The van der Waals surface area contributed by atoms with Crippen molar-refractivity contribution in [2.45, 2.75) is 38.1 Å². The number of aryl methyl sites for hydroxylation is 1. The second-order valence-corrected chi connectivity index (χ2v) is 10.7. The van der Waals surface area contributed by atoms with Crippen molar-refractivity contribution in [1.29, 1.82) is 0 Å². The number of likely N-dealkylation sites (tertiary alicyclic amines) is 2. The van der Waals surface area contributed by atoms with Crippen LogP contribution in [0.25, 0.3) is 10.9 Å². The lowest BCUT2D eigenvalue weighted by atomic mass is 9.74. The molecule has 1 unspecified atom stereocenters. The van der Waals surface area contributed by atoms with Crippen molar-refractivity contribution in [2.75, 3.05) is 33.3 Å². The van der Waals surface area contributed by atoms with Crippen molar-refractivity contribution >= 4 is 28.4 Å². The lowest BCUT2D eigenvalue weighted by molar-refractivity contribution is -0.185. The molecule has 0 radical (unpaired) electrons. The summed E-state index contributed by atoms with van der Waals surface area (Å²) in [6, 6.07) is 5.27. The molecule has 1 amide bonds. The van der Waals surface area contributed by atoms with Crippen LogP contribution in [0.4, 0.5) is 13.2 Å². The monoisotopic (exact) mass is 566 g/mol. The van der Waals surface area contributed by atoms with Crippen LogP contribution >= 0.6 is 11.6 Å². The summed E-state index contributed by atoms with van der Waals surface area (Å²) in [4.78, 5) is 20.0. The Balaban J connectivity index is 1.51. The molecule has 210 valence electrons. The predicted octanol–water partition coefficient (Wildman–Crippen LogP) is 3.51. The fraction of sp³-hybridized carbons (Fsp3) is 0.538. The largest absolute Gasteiger partial charge is 0.481 e. The number of aliphatic hydroxyl groups is 1. The van der Waals surface area contributed by atoms with Crippen molar-refractivity contribution in [1.82, 2.24) is 29.8 Å². The molecule has 39 heavy (non-hydrogen) atoms. The molecule has 0 aliphatic carbocycles. The summed E-state index contributed by atoms with van der Waals surface area (Å²) in [5.41, 5.74) is 0.622. The molecule has 2 saturated heterocycles. The molecule has 2 aliphatic rings. The number of carbonyl (C=O) groups excluding carboxylic acids is 1. The Morgan fingerprint density at radius 1 is 1.21 bits per heavy atom. The van der Waals surface area contributed by atoms with Crippen LogP contribution in [-0.4, -0.2) is 80.3 Å². The zero-order valence-electron chi connectivity index (χ0n) is 21.9. The van der Waals surface area contributed by atoms with Crippen LogP contribution in [0, 0.1) is 11.8 Å². The van der Waals surface area contributed by atoms with E-state index < -0.39 is 17.7 Å². The van der Waals surface area contributed by atoms with E-state index in [-0.39, 0.29) is 44.3 Å². The van der Waals surface area contributed by atoms with Crippen LogP contribution in [0.3, 0.4) is 0 Å². The fourth-order valence-corrected chi connectivity index (χ4v) is 5.95. The number of methoxy groups -OCH3 is 1. The summed E-state index contributed by atoms with van der Waals surface area (Å²) < 4.78 is 46.4. The Morgan fingerprint density at radius 3 is 2.46 bits per heavy atom. The van der Waals surface area contributed by atoms with Gasteiger partial charge in [0.2, 0.25) is 11.8 Å². The first-order valence-electron chi connectivity index (χ1n) is 12.7. The first-order chi connectivity index (χ1) is 18.4. The van der Waals surface area contributed by atoms with E-state index in [0.717, 1.165) is 0 Å². The standard InChI is InChI=1S/C26H30ClF3N6O3/c1-15(37)36-12-18(13-36)25(38,22-11-31-33-34(22)2)17-4-5-21-19(10-17)23(27)20(24(32-21)39-3)14-35-8-6-16(7-9-35)26(28,29)30/h4-5,10-11,16,18,38H,6-9,12-14H2,1-3H3. The molecule has 2 aliphatic heterocycles. The molecule has 13 heteroatoms. The van der Waals surface area contributed by atoms with Crippen LogP contribution in [0.2, 0.25) is 5.02 Å². The van der Waals surface area contributed by atoms with Crippen LogP contribution in [0.1, 0.15) is 36.6 Å². The molecule has 0 spiro atoms. The van der Waals surface area contributed by atoms with E-state index in [1.165, 1.54) is 24.9 Å². The molecule has 1 atom stereocenters. The van der Waals surface area contributed by atoms with Gasteiger partial charge in [-0.2, -0.15) is 13.2 Å². The molecule has 0 bridgehead atoms.